The van der Waals surface area contributed by atoms with Gasteiger partial charge < -0.3 is 9.64 Å². The number of hydrogen-bond donors (Lipinski definition) is 0. The molecule has 3 rings (SSSR count). The first-order chi connectivity index (χ1) is 14.7. The van der Waals surface area contributed by atoms with Crippen LogP contribution in [0.4, 0.5) is 0 Å². The summed E-state index contributed by atoms with van der Waals surface area (Å²) in [4.78, 5) is 52.1. The van der Waals surface area contributed by atoms with Crippen LogP contribution in [-0.2, 0) is 20.9 Å². The van der Waals surface area contributed by atoms with Crippen molar-refractivity contribution < 1.29 is 23.9 Å². The van der Waals surface area contributed by atoms with E-state index in [1.807, 2.05) is 44.2 Å². The number of ether oxygens (including phenoxy) is 1. The van der Waals surface area contributed by atoms with Crippen LogP contribution in [0.3, 0.4) is 0 Å². The molecule has 0 fully saturated rings. The average molecular weight is 463 g/mol. The highest BCUT2D eigenvalue weighted by atomic mass is 35.5. The molecular formula is C22H20Cl2N2O5. The zero-order valence-corrected chi connectivity index (χ0v) is 18.4. The predicted octanol–water partition coefficient (Wildman–Crippen LogP) is 3.57. The van der Waals surface area contributed by atoms with E-state index < -0.39 is 30.9 Å². The summed E-state index contributed by atoms with van der Waals surface area (Å²) in [6.45, 7) is 2.98. The zero-order chi connectivity index (χ0) is 22.7. The van der Waals surface area contributed by atoms with E-state index in [4.69, 9.17) is 27.9 Å². The molecule has 0 N–H and O–H groups in total. The number of rotatable bonds is 7. The molecule has 1 heterocycles. The second kappa shape index (κ2) is 9.49. The molecule has 0 unspecified atom stereocenters. The highest BCUT2D eigenvalue weighted by Gasteiger charge is 2.38. The fourth-order valence-corrected chi connectivity index (χ4v) is 3.49. The molecule has 1 aliphatic heterocycles. The van der Waals surface area contributed by atoms with Gasteiger partial charge in [0.05, 0.1) is 21.2 Å². The van der Waals surface area contributed by atoms with Crippen LogP contribution < -0.4 is 0 Å². The minimum absolute atomic E-state index is 0.0668. The van der Waals surface area contributed by atoms with Gasteiger partial charge in [0.15, 0.2) is 6.61 Å². The van der Waals surface area contributed by atoms with Gasteiger partial charge in [0.2, 0.25) is 0 Å². The Hall–Kier alpha value is -2.90. The minimum atomic E-state index is -0.872. The van der Waals surface area contributed by atoms with Gasteiger partial charge in [-0.25, -0.2) is 0 Å². The van der Waals surface area contributed by atoms with Crippen molar-refractivity contribution >= 4 is 46.9 Å². The molecule has 0 saturated heterocycles. The summed E-state index contributed by atoms with van der Waals surface area (Å²) in [5.74, 6) is -2.60. The molecule has 162 valence electrons. The van der Waals surface area contributed by atoms with Gasteiger partial charge in [-0.05, 0) is 31.5 Å². The third-order valence-corrected chi connectivity index (χ3v) is 5.52. The second-order valence-electron chi connectivity index (χ2n) is 7.27. The van der Waals surface area contributed by atoms with Crippen LogP contribution in [0.2, 0.25) is 10.0 Å². The van der Waals surface area contributed by atoms with Crippen LogP contribution in [0, 0.1) is 0 Å². The summed E-state index contributed by atoms with van der Waals surface area (Å²) in [6.07, 6.45) is 0. The first-order valence-electron chi connectivity index (χ1n) is 9.53. The van der Waals surface area contributed by atoms with Crippen LogP contribution in [0.25, 0.3) is 0 Å². The number of esters is 1. The topological polar surface area (TPSA) is 84.0 Å². The molecule has 0 radical (unpaired) electrons. The van der Waals surface area contributed by atoms with Crippen molar-refractivity contribution in [2.45, 2.75) is 26.4 Å². The molecule has 0 atom stereocenters. The summed E-state index contributed by atoms with van der Waals surface area (Å²) >= 11 is 11.8. The largest absolute Gasteiger partial charge is 0.454 e. The van der Waals surface area contributed by atoms with Crippen molar-refractivity contribution in [3.63, 3.8) is 0 Å². The first-order valence-corrected chi connectivity index (χ1v) is 10.3. The molecule has 0 aliphatic carbocycles. The summed E-state index contributed by atoms with van der Waals surface area (Å²) in [6, 6.07) is 11.9. The molecule has 31 heavy (non-hydrogen) atoms. The Morgan fingerprint density at radius 3 is 2.06 bits per heavy atom. The number of imide groups is 1. The van der Waals surface area contributed by atoms with Crippen molar-refractivity contribution in [3.8, 4) is 0 Å². The van der Waals surface area contributed by atoms with Crippen molar-refractivity contribution in [2.75, 3.05) is 13.2 Å². The fourth-order valence-electron chi connectivity index (χ4n) is 3.17. The standard InChI is InChI=1S/C22H20Cl2N2O5/c1-13(2)25(10-14-6-4-3-5-7-14)19(27)12-31-20(28)11-26-21(29)15-8-17(23)18(24)9-16(15)22(26)30/h3-9,13H,10-12H2,1-2H3. The number of halogens is 2. The van der Waals surface area contributed by atoms with Gasteiger partial charge in [0.1, 0.15) is 6.54 Å². The summed E-state index contributed by atoms with van der Waals surface area (Å²) in [5, 5.41) is 0.257. The number of carbonyl (C=O) groups excluding carboxylic acids is 4. The molecule has 2 aromatic carbocycles. The van der Waals surface area contributed by atoms with Crippen molar-refractivity contribution in [1.82, 2.24) is 9.80 Å². The molecule has 0 aromatic heterocycles. The number of benzene rings is 2. The van der Waals surface area contributed by atoms with Crippen LogP contribution in [0.5, 0.6) is 0 Å². The SMILES string of the molecule is CC(C)N(Cc1ccccc1)C(=O)COC(=O)CN1C(=O)c2cc(Cl)c(Cl)cc2C1=O. The molecular weight excluding hydrogens is 443 g/mol. The Kier molecular flexibility index (Phi) is 6.97. The molecule has 0 spiro atoms. The third-order valence-electron chi connectivity index (χ3n) is 4.79. The van der Waals surface area contributed by atoms with Gasteiger partial charge in [-0.15, -0.1) is 0 Å². The Bertz CT molecular complexity index is 999. The summed E-state index contributed by atoms with van der Waals surface area (Å²) in [5.41, 5.74) is 1.08. The first kappa shape index (κ1) is 22.8. The van der Waals surface area contributed by atoms with Crippen LogP contribution >= 0.6 is 23.2 Å². The number of fused-ring (bicyclic) bond motifs is 1. The number of amides is 3. The lowest BCUT2D eigenvalue weighted by Crippen LogP contribution is -2.40. The van der Waals surface area contributed by atoms with Crippen LogP contribution in [0.15, 0.2) is 42.5 Å². The van der Waals surface area contributed by atoms with Crippen molar-refractivity contribution in [3.05, 3.63) is 69.2 Å². The van der Waals surface area contributed by atoms with Gasteiger partial charge in [-0.2, -0.15) is 0 Å². The van der Waals surface area contributed by atoms with E-state index in [2.05, 4.69) is 0 Å². The van der Waals surface area contributed by atoms with Gasteiger partial charge in [-0.3, -0.25) is 24.1 Å². The van der Waals surface area contributed by atoms with E-state index in [0.717, 1.165) is 10.5 Å². The fraction of sp³-hybridized carbons (Fsp3) is 0.273. The van der Waals surface area contributed by atoms with E-state index in [-0.39, 0.29) is 33.1 Å². The van der Waals surface area contributed by atoms with Gasteiger partial charge in [0, 0.05) is 12.6 Å². The maximum absolute atomic E-state index is 12.6. The molecule has 2 aromatic rings. The Labute approximate surface area is 189 Å². The molecule has 0 bridgehead atoms. The van der Waals surface area contributed by atoms with Crippen LogP contribution in [0.1, 0.15) is 40.1 Å². The number of carbonyl (C=O) groups is 4. The van der Waals surface area contributed by atoms with Crippen molar-refractivity contribution in [1.29, 1.82) is 0 Å². The maximum atomic E-state index is 12.6. The third kappa shape index (κ3) is 5.06. The summed E-state index contributed by atoms with van der Waals surface area (Å²) in [7, 11) is 0. The van der Waals surface area contributed by atoms with Crippen LogP contribution in [-0.4, -0.2) is 52.7 Å². The Balaban J connectivity index is 1.60. The lowest BCUT2D eigenvalue weighted by atomic mass is 10.1. The lowest BCUT2D eigenvalue weighted by molar-refractivity contribution is -0.153. The van der Waals surface area contributed by atoms with E-state index in [0.29, 0.717) is 6.54 Å². The summed E-state index contributed by atoms with van der Waals surface area (Å²) < 4.78 is 5.05. The monoisotopic (exact) mass is 462 g/mol. The minimum Gasteiger partial charge on any atom is -0.454 e. The quantitative estimate of drug-likeness (QED) is 0.463. The van der Waals surface area contributed by atoms with E-state index in [1.54, 1.807) is 4.90 Å². The van der Waals surface area contributed by atoms with Gasteiger partial charge in [-0.1, -0.05) is 53.5 Å². The molecule has 0 saturated carbocycles. The smallest absolute Gasteiger partial charge is 0.326 e. The Morgan fingerprint density at radius 1 is 1.00 bits per heavy atom. The van der Waals surface area contributed by atoms with Gasteiger partial charge in [0.25, 0.3) is 17.7 Å². The Morgan fingerprint density at radius 2 is 1.55 bits per heavy atom. The normalized spacial score (nSPS) is 12.9. The molecule has 3 amide bonds. The maximum Gasteiger partial charge on any atom is 0.326 e. The van der Waals surface area contributed by atoms with E-state index in [1.165, 1.54) is 12.1 Å². The number of hydrogen-bond acceptors (Lipinski definition) is 5. The predicted molar refractivity (Wildman–Crippen MR) is 115 cm³/mol. The molecule has 9 heteroatoms. The molecule has 1 aliphatic rings. The van der Waals surface area contributed by atoms with Gasteiger partial charge >= 0.3 is 5.97 Å². The highest BCUT2D eigenvalue weighted by Crippen LogP contribution is 2.31. The highest BCUT2D eigenvalue weighted by molar-refractivity contribution is 6.43. The average Bonchev–Trinajstić information content (AvgIpc) is 2.95. The second-order valence-corrected chi connectivity index (χ2v) is 8.08. The lowest BCUT2D eigenvalue weighted by Gasteiger charge is -2.26. The van der Waals surface area contributed by atoms with E-state index in [9.17, 15) is 19.2 Å². The van der Waals surface area contributed by atoms with Crippen molar-refractivity contribution in [2.24, 2.45) is 0 Å². The number of nitrogens with zero attached hydrogens (tertiary/aromatic N) is 2. The van der Waals surface area contributed by atoms with E-state index >= 15 is 0 Å². The zero-order valence-electron chi connectivity index (χ0n) is 16.9. The molecule has 7 nitrogen and oxygen atoms in total.